The second-order valence-corrected chi connectivity index (χ2v) is 4.39. The van der Waals surface area contributed by atoms with E-state index < -0.39 is 0 Å². The molecule has 0 bridgehead atoms. The second-order valence-electron chi connectivity index (χ2n) is 4.39. The minimum Gasteiger partial charge on any atom is -0.456 e. The first-order valence-electron chi connectivity index (χ1n) is 5.28. The lowest BCUT2D eigenvalue weighted by Crippen LogP contribution is -2.28. The Labute approximate surface area is 87.3 Å². The van der Waals surface area contributed by atoms with Gasteiger partial charge in [0.2, 0.25) is 0 Å². The second kappa shape index (κ2) is 5.84. The summed E-state index contributed by atoms with van der Waals surface area (Å²) in [6.45, 7) is 11.3. The van der Waals surface area contributed by atoms with Crippen LogP contribution in [0, 0.1) is 0 Å². The Morgan fingerprint density at radius 1 is 1.36 bits per heavy atom. The van der Waals surface area contributed by atoms with Gasteiger partial charge in [-0.3, -0.25) is 0 Å². The number of ether oxygens (including phenoxy) is 1. The van der Waals surface area contributed by atoms with E-state index in [0.29, 0.717) is 5.57 Å². The van der Waals surface area contributed by atoms with E-state index in [0.717, 1.165) is 12.8 Å². The van der Waals surface area contributed by atoms with Crippen LogP contribution in [0.4, 0.5) is 0 Å². The molecule has 2 heteroatoms. The summed E-state index contributed by atoms with van der Waals surface area (Å²) >= 11 is 0. The van der Waals surface area contributed by atoms with Crippen molar-refractivity contribution in [1.29, 1.82) is 0 Å². The molecule has 0 saturated heterocycles. The Balaban J connectivity index is 3.93. The Morgan fingerprint density at radius 3 is 2.36 bits per heavy atom. The highest BCUT2D eigenvalue weighted by Gasteiger charge is 2.22. The van der Waals surface area contributed by atoms with Crippen LogP contribution < -0.4 is 0 Å². The Bertz CT molecular complexity index is 204. The van der Waals surface area contributed by atoms with Crippen molar-refractivity contribution in [3.8, 4) is 0 Å². The van der Waals surface area contributed by atoms with Gasteiger partial charge in [-0.2, -0.15) is 0 Å². The Morgan fingerprint density at radius 2 is 1.93 bits per heavy atom. The third-order valence-corrected chi connectivity index (χ3v) is 2.10. The summed E-state index contributed by atoms with van der Waals surface area (Å²) in [6, 6.07) is 0. The molecule has 0 radical (unpaired) electrons. The number of hydrogen-bond acceptors (Lipinski definition) is 2. The largest absolute Gasteiger partial charge is 0.456 e. The zero-order valence-electron chi connectivity index (χ0n) is 9.85. The monoisotopic (exact) mass is 198 g/mol. The molecule has 0 aliphatic carbocycles. The first kappa shape index (κ1) is 13.2. The quantitative estimate of drug-likeness (QED) is 0.371. The van der Waals surface area contributed by atoms with Crippen LogP contribution >= 0.6 is 0 Å². The van der Waals surface area contributed by atoms with E-state index in [9.17, 15) is 4.79 Å². The van der Waals surface area contributed by atoms with Gasteiger partial charge in [0.25, 0.3) is 0 Å². The van der Waals surface area contributed by atoms with Crippen molar-refractivity contribution in [3.63, 3.8) is 0 Å². The van der Waals surface area contributed by atoms with Crippen molar-refractivity contribution < 1.29 is 9.53 Å². The molecule has 0 fully saturated rings. The molecule has 82 valence electrons. The molecule has 0 unspecified atom stereocenters. The highest BCUT2D eigenvalue weighted by Crippen LogP contribution is 2.19. The van der Waals surface area contributed by atoms with Crippen molar-refractivity contribution in [2.45, 2.75) is 59.0 Å². The van der Waals surface area contributed by atoms with Gasteiger partial charge >= 0.3 is 5.97 Å². The van der Waals surface area contributed by atoms with E-state index in [-0.39, 0.29) is 11.6 Å². The van der Waals surface area contributed by atoms with Gasteiger partial charge in [0, 0.05) is 5.57 Å². The molecule has 0 saturated carbocycles. The molecule has 0 aromatic rings. The van der Waals surface area contributed by atoms with Crippen LogP contribution in [-0.2, 0) is 9.53 Å². The molecule has 14 heavy (non-hydrogen) atoms. The van der Waals surface area contributed by atoms with Crippen LogP contribution in [0.25, 0.3) is 0 Å². The van der Waals surface area contributed by atoms with Gasteiger partial charge in [0.05, 0.1) is 0 Å². The van der Waals surface area contributed by atoms with Crippen LogP contribution in [0.5, 0.6) is 0 Å². The van der Waals surface area contributed by atoms with Crippen molar-refractivity contribution in [3.05, 3.63) is 12.2 Å². The fraction of sp³-hybridized carbons (Fsp3) is 0.750. The molecule has 0 rings (SSSR count). The molecule has 0 aromatic heterocycles. The van der Waals surface area contributed by atoms with E-state index in [1.54, 1.807) is 6.92 Å². The molecule has 0 heterocycles. The van der Waals surface area contributed by atoms with Gasteiger partial charge in [0.1, 0.15) is 5.60 Å². The summed E-state index contributed by atoms with van der Waals surface area (Å²) in [5.74, 6) is -0.286. The number of hydrogen-bond donors (Lipinski definition) is 0. The lowest BCUT2D eigenvalue weighted by molar-refractivity contribution is -0.152. The third-order valence-electron chi connectivity index (χ3n) is 2.10. The summed E-state index contributed by atoms with van der Waals surface area (Å²) in [6.07, 6.45) is 4.39. The predicted octanol–water partition coefficient (Wildman–Crippen LogP) is 3.46. The highest BCUT2D eigenvalue weighted by atomic mass is 16.6. The minimum absolute atomic E-state index is 0.286. The number of unbranched alkanes of at least 4 members (excludes halogenated alkanes) is 2. The van der Waals surface area contributed by atoms with E-state index in [2.05, 4.69) is 13.5 Å². The van der Waals surface area contributed by atoms with Gasteiger partial charge in [-0.15, -0.1) is 0 Å². The summed E-state index contributed by atoms with van der Waals surface area (Å²) in [5, 5.41) is 0. The average Bonchev–Trinajstić information content (AvgIpc) is 2.03. The minimum atomic E-state index is -0.356. The van der Waals surface area contributed by atoms with Crippen LogP contribution in [0.3, 0.4) is 0 Å². The number of carbonyl (C=O) groups excluding carboxylic acids is 1. The maximum atomic E-state index is 11.3. The van der Waals surface area contributed by atoms with Crippen molar-refractivity contribution in [2.24, 2.45) is 0 Å². The van der Waals surface area contributed by atoms with Crippen LogP contribution in [0.1, 0.15) is 53.4 Å². The van der Waals surface area contributed by atoms with Gasteiger partial charge in [-0.25, -0.2) is 4.79 Å². The Kier molecular flexibility index (Phi) is 5.51. The van der Waals surface area contributed by atoms with Crippen molar-refractivity contribution in [1.82, 2.24) is 0 Å². The standard InChI is InChI=1S/C12H22O2/c1-6-7-8-9-12(4,5)14-11(13)10(2)3/h2,6-9H2,1,3-5H3. The molecule has 0 N–H and O–H groups in total. The fourth-order valence-corrected chi connectivity index (χ4v) is 1.19. The smallest absolute Gasteiger partial charge is 0.333 e. The van der Waals surface area contributed by atoms with Crippen LogP contribution in [0.15, 0.2) is 12.2 Å². The van der Waals surface area contributed by atoms with Gasteiger partial charge in [-0.05, 0) is 33.6 Å². The Hall–Kier alpha value is -0.790. The average molecular weight is 198 g/mol. The molecule has 0 amide bonds. The first-order valence-corrected chi connectivity index (χ1v) is 5.28. The lowest BCUT2D eigenvalue weighted by Gasteiger charge is -2.25. The normalized spacial score (nSPS) is 11.1. The van der Waals surface area contributed by atoms with Gasteiger partial charge in [-0.1, -0.05) is 26.3 Å². The molecule has 2 nitrogen and oxygen atoms in total. The SMILES string of the molecule is C=C(C)C(=O)OC(C)(C)CCCCC. The van der Waals surface area contributed by atoms with Crippen LogP contribution in [0.2, 0.25) is 0 Å². The third kappa shape index (κ3) is 5.79. The number of carbonyl (C=O) groups is 1. The zero-order valence-corrected chi connectivity index (χ0v) is 9.85. The topological polar surface area (TPSA) is 26.3 Å². The summed E-state index contributed by atoms with van der Waals surface area (Å²) in [4.78, 5) is 11.3. The molecular formula is C12H22O2. The molecular weight excluding hydrogens is 176 g/mol. The summed E-state index contributed by atoms with van der Waals surface area (Å²) in [7, 11) is 0. The summed E-state index contributed by atoms with van der Waals surface area (Å²) < 4.78 is 5.31. The number of esters is 1. The fourth-order valence-electron chi connectivity index (χ4n) is 1.19. The first-order chi connectivity index (χ1) is 6.39. The molecule has 0 aliphatic heterocycles. The van der Waals surface area contributed by atoms with E-state index in [1.165, 1.54) is 12.8 Å². The summed E-state index contributed by atoms with van der Waals surface area (Å²) in [5.41, 5.74) is 0.110. The van der Waals surface area contributed by atoms with E-state index in [4.69, 9.17) is 4.74 Å². The predicted molar refractivity (Wildman–Crippen MR) is 59.1 cm³/mol. The lowest BCUT2D eigenvalue weighted by atomic mass is 10.0. The zero-order chi connectivity index (χ0) is 11.2. The number of rotatable bonds is 6. The van der Waals surface area contributed by atoms with Crippen LogP contribution in [-0.4, -0.2) is 11.6 Å². The molecule has 0 aliphatic rings. The van der Waals surface area contributed by atoms with Gasteiger partial charge < -0.3 is 4.74 Å². The van der Waals surface area contributed by atoms with E-state index in [1.807, 2.05) is 13.8 Å². The van der Waals surface area contributed by atoms with E-state index >= 15 is 0 Å². The van der Waals surface area contributed by atoms with Crippen molar-refractivity contribution in [2.75, 3.05) is 0 Å². The maximum absolute atomic E-state index is 11.3. The molecule has 0 spiro atoms. The highest BCUT2D eigenvalue weighted by molar-refractivity contribution is 5.87. The molecule has 0 atom stereocenters. The van der Waals surface area contributed by atoms with Crippen molar-refractivity contribution >= 4 is 5.97 Å². The van der Waals surface area contributed by atoms with Gasteiger partial charge in [0.15, 0.2) is 0 Å². The molecule has 0 aromatic carbocycles. The maximum Gasteiger partial charge on any atom is 0.333 e.